The van der Waals surface area contributed by atoms with E-state index in [2.05, 4.69) is 4.98 Å². The van der Waals surface area contributed by atoms with E-state index in [1.807, 2.05) is 18.2 Å². The smallest absolute Gasteiger partial charge is 0.254 e. The number of carbonyl (C=O) groups is 1. The molecule has 3 aromatic rings. The first-order valence-corrected chi connectivity index (χ1v) is 9.86. The maximum absolute atomic E-state index is 13.9. The highest BCUT2D eigenvalue weighted by Crippen LogP contribution is 2.25. The quantitative estimate of drug-likeness (QED) is 0.715. The van der Waals surface area contributed by atoms with Crippen LogP contribution in [0.4, 0.5) is 8.78 Å². The molecule has 150 valence electrons. The van der Waals surface area contributed by atoms with Crippen LogP contribution in [0.25, 0.3) is 10.9 Å². The molecule has 1 saturated heterocycles. The number of H-pyrrole nitrogens is 1. The number of amides is 1. The summed E-state index contributed by atoms with van der Waals surface area (Å²) in [4.78, 5) is 29.7. The fourth-order valence-corrected chi connectivity index (χ4v) is 4.12. The Hall–Kier alpha value is -3.02. The maximum Gasteiger partial charge on any atom is 0.254 e. The van der Waals surface area contributed by atoms with Crippen molar-refractivity contribution in [1.29, 1.82) is 0 Å². The number of pyridine rings is 1. The van der Waals surface area contributed by atoms with Gasteiger partial charge in [0.2, 0.25) is 5.56 Å². The van der Waals surface area contributed by atoms with Crippen molar-refractivity contribution in [2.24, 2.45) is 5.92 Å². The number of nitrogens with zero attached hydrogens (tertiary/aromatic N) is 1. The molecule has 0 unspecified atom stereocenters. The lowest BCUT2D eigenvalue weighted by molar-refractivity contribution is 0.0670. The van der Waals surface area contributed by atoms with Crippen LogP contribution in [-0.4, -0.2) is 28.9 Å². The first-order chi connectivity index (χ1) is 14.0. The molecule has 4 nitrogen and oxygen atoms in total. The highest BCUT2D eigenvalue weighted by atomic mass is 19.1. The minimum absolute atomic E-state index is 0.148. The van der Waals surface area contributed by atoms with Gasteiger partial charge in [0.05, 0.1) is 5.56 Å². The molecule has 6 heteroatoms. The number of aromatic amines is 1. The number of hydrogen-bond donors (Lipinski definition) is 1. The maximum atomic E-state index is 13.9. The Morgan fingerprint density at radius 1 is 1.14 bits per heavy atom. The molecule has 29 heavy (non-hydrogen) atoms. The molecule has 1 atom stereocenters. The molecule has 0 radical (unpaired) electrons. The number of aryl methyl sites for hydroxylation is 1. The number of nitrogens with one attached hydrogen (secondary N) is 1. The molecule has 0 saturated carbocycles. The van der Waals surface area contributed by atoms with Gasteiger partial charge in [-0.2, -0.15) is 0 Å². The summed E-state index contributed by atoms with van der Waals surface area (Å²) in [5, 5.41) is 0.729. The lowest BCUT2D eigenvalue weighted by Gasteiger charge is -2.33. The summed E-state index contributed by atoms with van der Waals surface area (Å²) >= 11 is 0. The summed E-state index contributed by atoms with van der Waals surface area (Å²) in [7, 11) is 0. The fraction of sp³-hybridized carbons (Fsp3) is 0.304. The molecule has 1 amide bonds. The van der Waals surface area contributed by atoms with Crippen molar-refractivity contribution >= 4 is 16.8 Å². The first kappa shape index (κ1) is 19.3. The Balaban J connectivity index is 1.48. The molecule has 1 aliphatic heterocycles. The number of aromatic nitrogens is 1. The van der Waals surface area contributed by atoms with E-state index >= 15 is 0 Å². The van der Waals surface area contributed by atoms with E-state index < -0.39 is 11.6 Å². The molecule has 4 rings (SSSR count). The Morgan fingerprint density at radius 3 is 2.79 bits per heavy atom. The summed E-state index contributed by atoms with van der Waals surface area (Å²) in [6, 6.07) is 12.3. The minimum Gasteiger partial charge on any atom is -0.338 e. The Morgan fingerprint density at radius 2 is 1.97 bits per heavy atom. The molecule has 1 aliphatic rings. The molecule has 0 aliphatic carbocycles. The number of benzene rings is 2. The van der Waals surface area contributed by atoms with E-state index in [9.17, 15) is 18.4 Å². The highest BCUT2D eigenvalue weighted by Gasteiger charge is 2.26. The van der Waals surface area contributed by atoms with Crippen LogP contribution in [-0.2, 0) is 6.42 Å². The van der Waals surface area contributed by atoms with Crippen LogP contribution in [0.2, 0.25) is 0 Å². The third-order valence-electron chi connectivity index (χ3n) is 5.62. The molecule has 1 fully saturated rings. The second-order valence-corrected chi connectivity index (χ2v) is 7.63. The van der Waals surface area contributed by atoms with Crippen molar-refractivity contribution < 1.29 is 13.6 Å². The summed E-state index contributed by atoms with van der Waals surface area (Å²) < 4.78 is 27.0. The van der Waals surface area contributed by atoms with Gasteiger partial charge >= 0.3 is 0 Å². The average molecular weight is 396 g/mol. The molecular weight excluding hydrogens is 374 g/mol. The summed E-state index contributed by atoms with van der Waals surface area (Å²) in [6.07, 6.45) is 3.06. The van der Waals surface area contributed by atoms with Crippen LogP contribution < -0.4 is 5.56 Å². The SMILES string of the molecule is O=C(c1cc(=O)[nH]c2ccccc12)N1CCC[C@@H](CCc2ccc(F)cc2F)C1. The molecule has 0 spiro atoms. The number of piperidine rings is 1. The van der Waals surface area contributed by atoms with Gasteiger partial charge in [-0.05, 0) is 49.3 Å². The summed E-state index contributed by atoms with van der Waals surface area (Å²) in [5.74, 6) is -1.01. The third-order valence-corrected chi connectivity index (χ3v) is 5.62. The fourth-order valence-electron chi connectivity index (χ4n) is 4.12. The van der Waals surface area contributed by atoms with Gasteiger partial charge in [-0.15, -0.1) is 0 Å². The Kier molecular flexibility index (Phi) is 5.43. The Bertz CT molecular complexity index is 1110. The van der Waals surface area contributed by atoms with E-state index in [0.29, 0.717) is 36.2 Å². The van der Waals surface area contributed by atoms with Gasteiger partial charge in [-0.1, -0.05) is 24.3 Å². The summed E-state index contributed by atoms with van der Waals surface area (Å²) in [5.41, 5.74) is 1.25. The number of fused-ring (bicyclic) bond motifs is 1. The number of hydrogen-bond acceptors (Lipinski definition) is 2. The van der Waals surface area contributed by atoms with E-state index in [-0.39, 0.29) is 17.4 Å². The number of likely N-dealkylation sites (tertiary alicyclic amines) is 1. The lowest BCUT2D eigenvalue weighted by Crippen LogP contribution is -2.40. The van der Waals surface area contributed by atoms with Crippen molar-refractivity contribution in [3.8, 4) is 0 Å². The zero-order chi connectivity index (χ0) is 20.4. The number of carbonyl (C=O) groups excluding carboxylic acids is 1. The molecule has 2 aromatic carbocycles. The summed E-state index contributed by atoms with van der Waals surface area (Å²) in [6.45, 7) is 1.21. The van der Waals surface area contributed by atoms with Gasteiger partial charge in [0.1, 0.15) is 11.6 Å². The van der Waals surface area contributed by atoms with Gasteiger partial charge in [0.25, 0.3) is 5.91 Å². The standard InChI is InChI=1S/C23H22F2N2O2/c24-17-10-9-16(20(25)12-17)8-7-15-4-3-11-27(14-15)23(29)19-13-22(28)26-21-6-2-1-5-18(19)21/h1-2,5-6,9-10,12-13,15H,3-4,7-8,11,14H2,(H,26,28)/t15-/m0/s1. The second-order valence-electron chi connectivity index (χ2n) is 7.63. The zero-order valence-electron chi connectivity index (χ0n) is 16.0. The van der Waals surface area contributed by atoms with Crippen molar-refractivity contribution in [1.82, 2.24) is 9.88 Å². The molecule has 2 heterocycles. The highest BCUT2D eigenvalue weighted by molar-refractivity contribution is 6.05. The van der Waals surface area contributed by atoms with Crippen molar-refractivity contribution in [2.45, 2.75) is 25.7 Å². The molecular formula is C23H22F2N2O2. The van der Waals surface area contributed by atoms with Crippen molar-refractivity contribution in [3.05, 3.63) is 81.6 Å². The van der Waals surface area contributed by atoms with E-state index in [4.69, 9.17) is 0 Å². The van der Waals surface area contributed by atoms with E-state index in [1.165, 1.54) is 18.2 Å². The number of para-hydroxylation sites is 1. The average Bonchev–Trinajstić information content (AvgIpc) is 2.72. The number of rotatable bonds is 4. The van der Waals surface area contributed by atoms with Crippen LogP contribution in [0.5, 0.6) is 0 Å². The largest absolute Gasteiger partial charge is 0.338 e. The number of halogens is 2. The minimum atomic E-state index is -0.578. The zero-order valence-corrected chi connectivity index (χ0v) is 16.0. The van der Waals surface area contributed by atoms with Gasteiger partial charge in [-0.3, -0.25) is 9.59 Å². The van der Waals surface area contributed by atoms with Crippen LogP contribution in [0, 0.1) is 17.6 Å². The van der Waals surface area contributed by atoms with E-state index in [0.717, 1.165) is 30.7 Å². The van der Waals surface area contributed by atoms with Crippen LogP contribution >= 0.6 is 0 Å². The van der Waals surface area contributed by atoms with Gasteiger partial charge < -0.3 is 9.88 Å². The predicted octanol–water partition coefficient (Wildman–Crippen LogP) is 4.29. The third kappa shape index (κ3) is 4.21. The van der Waals surface area contributed by atoms with Crippen LogP contribution in [0.3, 0.4) is 0 Å². The second kappa shape index (κ2) is 8.15. The van der Waals surface area contributed by atoms with Crippen LogP contribution in [0.1, 0.15) is 35.2 Å². The Labute approximate surface area is 167 Å². The van der Waals surface area contributed by atoms with Gasteiger partial charge in [0, 0.05) is 36.1 Å². The van der Waals surface area contributed by atoms with Crippen molar-refractivity contribution in [2.75, 3.05) is 13.1 Å². The van der Waals surface area contributed by atoms with Crippen molar-refractivity contribution in [3.63, 3.8) is 0 Å². The lowest BCUT2D eigenvalue weighted by atomic mass is 9.91. The van der Waals surface area contributed by atoms with E-state index in [1.54, 1.807) is 11.0 Å². The first-order valence-electron chi connectivity index (χ1n) is 9.86. The predicted molar refractivity (Wildman–Crippen MR) is 108 cm³/mol. The normalized spacial score (nSPS) is 16.9. The molecule has 0 bridgehead atoms. The monoisotopic (exact) mass is 396 g/mol. The van der Waals surface area contributed by atoms with Gasteiger partial charge in [0.15, 0.2) is 0 Å². The van der Waals surface area contributed by atoms with Crippen LogP contribution in [0.15, 0.2) is 53.3 Å². The molecule has 1 N–H and O–H groups in total. The molecule has 1 aromatic heterocycles. The van der Waals surface area contributed by atoms with Gasteiger partial charge in [-0.25, -0.2) is 8.78 Å². The topological polar surface area (TPSA) is 53.2 Å².